The third-order valence-electron chi connectivity index (χ3n) is 2.42. The van der Waals surface area contributed by atoms with Gasteiger partial charge in [0.2, 0.25) is 10.0 Å². The molecule has 1 rings (SSSR count). The first kappa shape index (κ1) is 15.0. The van der Waals surface area contributed by atoms with Crippen molar-refractivity contribution < 1.29 is 13.2 Å². The van der Waals surface area contributed by atoms with E-state index in [9.17, 15) is 8.42 Å². The maximum atomic E-state index is 11.4. The molecule has 0 fully saturated rings. The van der Waals surface area contributed by atoms with E-state index in [1.165, 1.54) is 6.92 Å². The predicted octanol–water partition coefficient (Wildman–Crippen LogP) is 0.928. The average molecular weight is 273 g/mol. The summed E-state index contributed by atoms with van der Waals surface area (Å²) in [7, 11) is -3.71. The molecule has 6 nitrogen and oxygen atoms in total. The highest BCUT2D eigenvalue weighted by Gasteiger charge is 2.31. The highest BCUT2D eigenvalue weighted by atomic mass is 32.2. The first-order chi connectivity index (χ1) is 8.21. The van der Waals surface area contributed by atoms with Gasteiger partial charge in [0, 0.05) is 12.4 Å². The maximum Gasteiger partial charge on any atom is 0.214 e. The smallest absolute Gasteiger partial charge is 0.214 e. The fraction of sp³-hybridized carbons (Fsp3) is 0.636. The second-order valence-corrected chi connectivity index (χ2v) is 6.44. The molecule has 0 aliphatic carbocycles. The molecule has 2 atom stereocenters. The minimum Gasteiger partial charge on any atom is -0.366 e. The van der Waals surface area contributed by atoms with Gasteiger partial charge >= 0.3 is 0 Å². The monoisotopic (exact) mass is 273 g/mol. The predicted molar refractivity (Wildman–Crippen MR) is 68.3 cm³/mol. The van der Waals surface area contributed by atoms with E-state index in [1.807, 2.05) is 20.8 Å². The number of hydrogen-bond acceptors (Lipinski definition) is 5. The topological polar surface area (TPSA) is 95.2 Å². The van der Waals surface area contributed by atoms with Crippen LogP contribution in [0.4, 0.5) is 0 Å². The van der Waals surface area contributed by atoms with Gasteiger partial charge in [0.15, 0.2) is 5.82 Å². The Kier molecular flexibility index (Phi) is 4.78. The largest absolute Gasteiger partial charge is 0.366 e. The van der Waals surface area contributed by atoms with Crippen LogP contribution in [0.1, 0.15) is 38.3 Å². The molecule has 102 valence electrons. The maximum absolute atomic E-state index is 11.4. The van der Waals surface area contributed by atoms with E-state index >= 15 is 0 Å². The van der Waals surface area contributed by atoms with Crippen LogP contribution < -0.4 is 5.14 Å². The number of aromatic nitrogens is 2. The summed E-state index contributed by atoms with van der Waals surface area (Å²) in [5.41, 5.74) is 0.894. The molecule has 0 saturated heterocycles. The molecule has 0 aliphatic rings. The number of nitrogens with zero attached hydrogens (tertiary/aromatic N) is 2. The van der Waals surface area contributed by atoms with Gasteiger partial charge in [-0.3, -0.25) is 0 Å². The number of hydrogen-bond donors (Lipinski definition) is 1. The first-order valence-electron chi connectivity index (χ1n) is 5.67. The second-order valence-electron chi connectivity index (χ2n) is 4.52. The van der Waals surface area contributed by atoms with E-state index in [2.05, 4.69) is 9.97 Å². The number of aryl methyl sites for hydroxylation is 1. The normalized spacial score (nSPS) is 15.7. The summed E-state index contributed by atoms with van der Waals surface area (Å²) in [6.07, 6.45) is 2.33. The van der Waals surface area contributed by atoms with Crippen LogP contribution in [0.2, 0.25) is 0 Å². The van der Waals surface area contributed by atoms with Gasteiger partial charge in [-0.2, -0.15) is 0 Å². The number of nitrogens with two attached hydrogens (primary N) is 1. The van der Waals surface area contributed by atoms with Crippen molar-refractivity contribution in [2.75, 3.05) is 0 Å². The second kappa shape index (κ2) is 5.73. The van der Waals surface area contributed by atoms with Gasteiger partial charge in [0.05, 0.1) is 6.10 Å². The van der Waals surface area contributed by atoms with Gasteiger partial charge in [0.1, 0.15) is 11.4 Å². The summed E-state index contributed by atoms with van der Waals surface area (Å²) >= 11 is 0. The molecule has 0 spiro atoms. The van der Waals surface area contributed by atoms with Crippen LogP contribution in [0, 0.1) is 6.92 Å². The van der Waals surface area contributed by atoms with Crippen LogP contribution in [0.25, 0.3) is 0 Å². The van der Waals surface area contributed by atoms with E-state index < -0.39 is 21.4 Å². The molecule has 18 heavy (non-hydrogen) atoms. The molecule has 1 aromatic heterocycles. The zero-order chi connectivity index (χ0) is 13.9. The van der Waals surface area contributed by atoms with Gasteiger partial charge in [-0.25, -0.2) is 23.5 Å². The lowest BCUT2D eigenvalue weighted by Gasteiger charge is -2.23. The lowest BCUT2D eigenvalue weighted by molar-refractivity contribution is 0.00144. The Hall–Kier alpha value is -1.05. The Morgan fingerprint density at radius 1 is 1.22 bits per heavy atom. The summed E-state index contributed by atoms with van der Waals surface area (Å²) in [6, 6.07) is 0. The summed E-state index contributed by atoms with van der Waals surface area (Å²) < 4.78 is 28.5. The lowest BCUT2D eigenvalue weighted by Crippen LogP contribution is -2.34. The Balaban J connectivity index is 3.09. The van der Waals surface area contributed by atoms with Gasteiger partial charge in [0.25, 0.3) is 0 Å². The molecule has 0 aliphatic heterocycles. The van der Waals surface area contributed by atoms with E-state index in [-0.39, 0.29) is 6.10 Å². The van der Waals surface area contributed by atoms with Crippen molar-refractivity contribution in [1.29, 1.82) is 0 Å². The zero-order valence-electron chi connectivity index (χ0n) is 11.0. The number of primary sulfonamides is 1. The van der Waals surface area contributed by atoms with Gasteiger partial charge in [-0.1, -0.05) is 0 Å². The summed E-state index contributed by atoms with van der Waals surface area (Å²) in [6.45, 7) is 6.98. The molecule has 1 aromatic rings. The van der Waals surface area contributed by atoms with Crippen molar-refractivity contribution in [1.82, 2.24) is 9.97 Å². The van der Waals surface area contributed by atoms with E-state index in [1.54, 1.807) is 12.4 Å². The molecule has 0 unspecified atom stereocenters. The van der Waals surface area contributed by atoms with Crippen LogP contribution in [0.3, 0.4) is 0 Å². The van der Waals surface area contributed by atoms with E-state index in [0.717, 1.165) is 5.56 Å². The SMILES string of the molecule is Cc1cnc([C@@H](OC(C)C)[C@H](C)S(N)(=O)=O)nc1. The van der Waals surface area contributed by atoms with Gasteiger partial charge in [-0.05, 0) is 33.3 Å². The third kappa shape index (κ3) is 4.01. The Bertz CT molecular complexity index is 485. The van der Waals surface area contributed by atoms with Gasteiger partial charge < -0.3 is 4.74 Å². The molecular weight excluding hydrogens is 254 g/mol. The Morgan fingerprint density at radius 2 is 1.72 bits per heavy atom. The van der Waals surface area contributed by atoms with Crippen LogP contribution in [-0.4, -0.2) is 29.7 Å². The molecule has 0 bridgehead atoms. The standard InChI is InChI=1S/C11H19N3O3S/c1-7(2)17-10(9(4)18(12,15)16)11-13-5-8(3)6-14-11/h5-7,9-10H,1-4H3,(H2,12,15,16)/t9-,10-/m0/s1. The van der Waals surface area contributed by atoms with Crippen LogP contribution in [0.5, 0.6) is 0 Å². The molecule has 0 radical (unpaired) electrons. The first-order valence-corrected chi connectivity index (χ1v) is 7.28. The molecule has 7 heteroatoms. The average Bonchev–Trinajstić information content (AvgIpc) is 2.25. The van der Waals surface area contributed by atoms with Crippen molar-refractivity contribution in [2.45, 2.75) is 45.2 Å². The molecule has 0 saturated carbocycles. The number of sulfonamides is 1. The Labute approximate surface area is 108 Å². The summed E-state index contributed by atoms with van der Waals surface area (Å²) in [4.78, 5) is 8.22. The van der Waals surface area contributed by atoms with Gasteiger partial charge in [-0.15, -0.1) is 0 Å². The molecular formula is C11H19N3O3S. The lowest BCUT2D eigenvalue weighted by atomic mass is 10.2. The fourth-order valence-electron chi connectivity index (χ4n) is 1.40. The van der Waals surface area contributed by atoms with Crippen LogP contribution in [-0.2, 0) is 14.8 Å². The van der Waals surface area contributed by atoms with Crippen LogP contribution >= 0.6 is 0 Å². The molecule has 2 N–H and O–H groups in total. The fourth-order valence-corrected chi connectivity index (χ4v) is 1.93. The van der Waals surface area contributed by atoms with Crippen molar-refractivity contribution in [3.8, 4) is 0 Å². The van der Waals surface area contributed by atoms with Crippen molar-refractivity contribution in [3.63, 3.8) is 0 Å². The molecule has 1 heterocycles. The number of rotatable bonds is 5. The van der Waals surface area contributed by atoms with Crippen molar-refractivity contribution in [3.05, 3.63) is 23.8 Å². The molecule has 0 amide bonds. The minimum absolute atomic E-state index is 0.149. The minimum atomic E-state index is -3.71. The third-order valence-corrected chi connectivity index (χ3v) is 3.70. The van der Waals surface area contributed by atoms with Crippen LogP contribution in [0.15, 0.2) is 12.4 Å². The zero-order valence-corrected chi connectivity index (χ0v) is 11.8. The van der Waals surface area contributed by atoms with Crippen molar-refractivity contribution in [2.24, 2.45) is 5.14 Å². The van der Waals surface area contributed by atoms with E-state index in [0.29, 0.717) is 5.82 Å². The highest BCUT2D eigenvalue weighted by Crippen LogP contribution is 2.23. The van der Waals surface area contributed by atoms with E-state index in [4.69, 9.17) is 9.88 Å². The summed E-state index contributed by atoms with van der Waals surface area (Å²) in [5.74, 6) is 0.329. The van der Waals surface area contributed by atoms with Crippen molar-refractivity contribution >= 4 is 10.0 Å². The quantitative estimate of drug-likeness (QED) is 0.861. The Morgan fingerprint density at radius 3 is 2.11 bits per heavy atom. The number of ether oxygens (including phenoxy) is 1. The molecule has 0 aromatic carbocycles. The highest BCUT2D eigenvalue weighted by molar-refractivity contribution is 7.89. The summed E-state index contributed by atoms with van der Waals surface area (Å²) in [5, 5.41) is 4.26.